The summed E-state index contributed by atoms with van der Waals surface area (Å²) in [6, 6.07) is 31.9. The second-order valence-electron chi connectivity index (χ2n) is 10.7. The summed E-state index contributed by atoms with van der Waals surface area (Å²) in [7, 11) is 0. The molecule has 0 aromatic heterocycles. The summed E-state index contributed by atoms with van der Waals surface area (Å²) in [6.07, 6.45) is -1.17. The fraction of sp³-hybridized carbons (Fsp3) is 0.257. The lowest BCUT2D eigenvalue weighted by molar-refractivity contribution is -0.268. The maximum absolute atomic E-state index is 12.3. The molecule has 0 bridgehead atoms. The van der Waals surface area contributed by atoms with Crippen LogP contribution in [0.3, 0.4) is 0 Å². The third-order valence-corrected chi connectivity index (χ3v) is 8.81. The van der Waals surface area contributed by atoms with Crippen molar-refractivity contribution in [2.45, 2.75) is 50.0 Å². The second-order valence-corrected chi connectivity index (χ2v) is 11.8. The molecule has 1 heterocycles. The molecule has 1 saturated heterocycles. The average molecular weight is 613 g/mol. The van der Waals surface area contributed by atoms with Crippen LogP contribution in [0.1, 0.15) is 57.5 Å². The number of benzene rings is 4. The molecule has 0 unspecified atom stereocenters. The summed E-state index contributed by atoms with van der Waals surface area (Å²) in [5.41, 5.74) is 4.86. The highest BCUT2D eigenvalue weighted by atomic mass is 32.2. The molecule has 0 radical (unpaired) electrons. The number of carbonyl (C=O) groups excluding carboxylic acids is 1. The van der Waals surface area contributed by atoms with E-state index in [4.69, 9.17) is 9.47 Å². The summed E-state index contributed by atoms with van der Waals surface area (Å²) in [5.74, 6) is -0.456. The van der Waals surface area contributed by atoms with Crippen molar-refractivity contribution in [3.8, 4) is 0 Å². The van der Waals surface area contributed by atoms with Crippen molar-refractivity contribution >= 4 is 23.8 Å². The third-order valence-electron chi connectivity index (χ3n) is 7.64. The number of carbonyl (C=O) groups is 2. The van der Waals surface area contributed by atoms with Gasteiger partial charge in [0.2, 0.25) is 0 Å². The zero-order valence-electron chi connectivity index (χ0n) is 24.4. The maximum Gasteiger partial charge on any atom is 0.336 e. The predicted octanol–water partition coefficient (Wildman–Crippen LogP) is 6.46. The molecule has 0 saturated carbocycles. The van der Waals surface area contributed by atoms with Gasteiger partial charge in [0.25, 0.3) is 0 Å². The normalized spacial score (nSPS) is 19.7. The smallest absolute Gasteiger partial charge is 0.336 e. The first kappa shape index (κ1) is 31.3. The van der Waals surface area contributed by atoms with Gasteiger partial charge in [0, 0.05) is 35.2 Å². The molecule has 4 N–H and O–H groups in total. The van der Waals surface area contributed by atoms with Crippen LogP contribution >= 0.6 is 11.8 Å². The van der Waals surface area contributed by atoms with E-state index >= 15 is 0 Å². The van der Waals surface area contributed by atoms with Gasteiger partial charge >= 0.3 is 12.0 Å². The van der Waals surface area contributed by atoms with Crippen molar-refractivity contribution in [1.82, 2.24) is 10.6 Å². The van der Waals surface area contributed by atoms with Crippen molar-refractivity contribution in [2.75, 3.05) is 5.75 Å². The zero-order chi connectivity index (χ0) is 30.9. The van der Waals surface area contributed by atoms with Gasteiger partial charge in [0.1, 0.15) is 0 Å². The Hall–Kier alpha value is -4.15. The number of hydrogen-bond donors (Lipinski definition) is 4. The molecule has 0 spiro atoms. The van der Waals surface area contributed by atoms with E-state index < -0.39 is 12.3 Å². The van der Waals surface area contributed by atoms with Crippen LogP contribution in [-0.2, 0) is 29.2 Å². The van der Waals surface area contributed by atoms with Crippen molar-refractivity contribution in [3.05, 3.63) is 137 Å². The van der Waals surface area contributed by atoms with Crippen LogP contribution in [0.5, 0.6) is 0 Å². The van der Waals surface area contributed by atoms with Crippen LogP contribution in [0, 0.1) is 5.92 Å². The Morgan fingerprint density at radius 1 is 0.750 bits per heavy atom. The molecule has 8 nitrogen and oxygen atoms in total. The van der Waals surface area contributed by atoms with Crippen molar-refractivity contribution in [3.63, 3.8) is 0 Å². The van der Waals surface area contributed by atoms with Gasteiger partial charge in [0.05, 0.1) is 24.4 Å². The number of rotatable bonds is 11. The SMILES string of the molecule is C[C@H]1[C@@H](CSc2ccccc2C(=O)O)O[C@@H](c2ccc(CNC(=O)NCc3ccccc3)cc2)O[C@H]1c1ccc(CO)cc1. The number of ether oxygens (including phenoxy) is 2. The number of thioether (sulfide) groups is 1. The van der Waals surface area contributed by atoms with Gasteiger partial charge in [-0.2, -0.15) is 0 Å². The highest BCUT2D eigenvalue weighted by Crippen LogP contribution is 2.43. The van der Waals surface area contributed by atoms with E-state index in [9.17, 15) is 19.8 Å². The van der Waals surface area contributed by atoms with Crippen LogP contribution in [0.25, 0.3) is 0 Å². The molecular weight excluding hydrogens is 576 g/mol. The highest BCUT2D eigenvalue weighted by molar-refractivity contribution is 7.99. The number of aliphatic hydroxyl groups is 1. The standard InChI is InChI=1S/C35H36N2O6S/c1-23-30(22-44-31-10-6-5-9-29(31)33(39)40)42-34(43-32(23)27-15-13-26(21-38)14-16-27)28-17-11-25(12-18-28)20-37-35(41)36-19-24-7-3-2-4-8-24/h2-18,23,30,32,34,38H,19-22H2,1H3,(H,39,40)(H2,36,37,41)/t23-,30+,32+,34+/m0/s1. The Kier molecular flexibility index (Phi) is 10.7. The number of hydrogen-bond acceptors (Lipinski definition) is 6. The largest absolute Gasteiger partial charge is 0.478 e. The van der Waals surface area contributed by atoms with E-state index in [1.54, 1.807) is 12.1 Å². The van der Waals surface area contributed by atoms with E-state index in [-0.39, 0.29) is 36.3 Å². The van der Waals surface area contributed by atoms with Crippen LogP contribution in [-0.4, -0.2) is 34.1 Å². The molecule has 4 aromatic carbocycles. The van der Waals surface area contributed by atoms with Gasteiger partial charge in [-0.3, -0.25) is 0 Å². The van der Waals surface area contributed by atoms with E-state index in [1.807, 2.05) is 91.0 Å². The van der Waals surface area contributed by atoms with Gasteiger partial charge in [0.15, 0.2) is 6.29 Å². The predicted molar refractivity (Wildman–Crippen MR) is 169 cm³/mol. The third kappa shape index (κ3) is 8.06. The van der Waals surface area contributed by atoms with E-state index in [1.165, 1.54) is 11.8 Å². The minimum absolute atomic E-state index is 0.0337. The monoisotopic (exact) mass is 612 g/mol. The minimum Gasteiger partial charge on any atom is -0.478 e. The quantitative estimate of drug-likeness (QED) is 0.144. The maximum atomic E-state index is 12.3. The highest BCUT2D eigenvalue weighted by Gasteiger charge is 2.38. The van der Waals surface area contributed by atoms with E-state index in [2.05, 4.69) is 17.6 Å². The lowest BCUT2D eigenvalue weighted by atomic mass is 9.91. The lowest BCUT2D eigenvalue weighted by Gasteiger charge is -2.41. The number of urea groups is 1. The average Bonchev–Trinajstić information content (AvgIpc) is 3.07. The van der Waals surface area contributed by atoms with Crippen LogP contribution in [0.15, 0.2) is 108 Å². The molecule has 5 rings (SSSR count). The Balaban J connectivity index is 1.27. The zero-order valence-corrected chi connectivity index (χ0v) is 25.2. The second kappa shape index (κ2) is 15.0. The summed E-state index contributed by atoms with van der Waals surface area (Å²) in [5, 5.41) is 24.9. The topological polar surface area (TPSA) is 117 Å². The molecule has 2 amide bonds. The van der Waals surface area contributed by atoms with Crippen molar-refractivity contribution in [2.24, 2.45) is 5.92 Å². The fourth-order valence-electron chi connectivity index (χ4n) is 5.07. The molecule has 4 aromatic rings. The number of carboxylic acid groups (broad SMARTS) is 1. The van der Waals surface area contributed by atoms with Crippen LogP contribution in [0.2, 0.25) is 0 Å². The van der Waals surface area contributed by atoms with Gasteiger partial charge < -0.3 is 30.3 Å². The number of amides is 2. The van der Waals surface area contributed by atoms with Gasteiger partial charge in [-0.1, -0.05) is 97.9 Å². The summed E-state index contributed by atoms with van der Waals surface area (Å²) >= 11 is 1.46. The number of nitrogens with one attached hydrogen (secondary N) is 2. The molecule has 44 heavy (non-hydrogen) atoms. The Bertz CT molecular complexity index is 1530. The molecule has 1 aliphatic heterocycles. The molecule has 0 aliphatic carbocycles. The lowest BCUT2D eigenvalue weighted by Crippen LogP contribution is -2.38. The van der Waals surface area contributed by atoms with Crippen molar-refractivity contribution < 1.29 is 29.3 Å². The number of aliphatic hydroxyl groups excluding tert-OH is 1. The Morgan fingerprint density at radius 2 is 1.34 bits per heavy atom. The Labute approximate surface area is 261 Å². The summed E-state index contributed by atoms with van der Waals surface area (Å²) < 4.78 is 13.0. The number of aromatic carboxylic acids is 1. The Morgan fingerprint density at radius 3 is 2.00 bits per heavy atom. The molecule has 4 atom stereocenters. The first-order valence-electron chi connectivity index (χ1n) is 14.5. The minimum atomic E-state index is -0.961. The van der Waals surface area contributed by atoms with Gasteiger partial charge in [-0.05, 0) is 34.4 Å². The molecule has 1 fully saturated rings. The molecular formula is C35H36N2O6S. The molecule has 1 aliphatic rings. The van der Waals surface area contributed by atoms with E-state index in [0.29, 0.717) is 23.7 Å². The fourth-order valence-corrected chi connectivity index (χ4v) is 6.28. The van der Waals surface area contributed by atoms with Gasteiger partial charge in [-0.15, -0.1) is 11.8 Å². The first-order valence-corrected chi connectivity index (χ1v) is 15.5. The van der Waals surface area contributed by atoms with Crippen LogP contribution in [0.4, 0.5) is 4.79 Å². The van der Waals surface area contributed by atoms with E-state index in [0.717, 1.165) is 27.8 Å². The van der Waals surface area contributed by atoms with Crippen molar-refractivity contribution in [1.29, 1.82) is 0 Å². The summed E-state index contributed by atoms with van der Waals surface area (Å²) in [6.45, 7) is 2.86. The van der Waals surface area contributed by atoms with Crippen LogP contribution < -0.4 is 10.6 Å². The molecule has 9 heteroatoms. The first-order chi connectivity index (χ1) is 21.4. The molecule has 228 valence electrons. The van der Waals surface area contributed by atoms with Gasteiger partial charge in [-0.25, -0.2) is 9.59 Å². The number of carboxylic acids is 1. The summed E-state index contributed by atoms with van der Waals surface area (Å²) in [4.78, 5) is 24.7.